The first-order chi connectivity index (χ1) is 10.5. The summed E-state index contributed by atoms with van der Waals surface area (Å²) in [6.07, 6.45) is 5.15. The summed E-state index contributed by atoms with van der Waals surface area (Å²) < 4.78 is 6.55. The maximum absolute atomic E-state index is 11.9. The van der Waals surface area contributed by atoms with E-state index in [1.807, 2.05) is 0 Å². The van der Waals surface area contributed by atoms with Crippen molar-refractivity contribution in [2.75, 3.05) is 0 Å². The number of fused-ring (bicyclic) bond motifs is 1. The van der Waals surface area contributed by atoms with Gasteiger partial charge in [-0.25, -0.2) is 9.78 Å². The number of imidazole rings is 1. The molecule has 1 amide bonds. The van der Waals surface area contributed by atoms with Gasteiger partial charge in [-0.15, -0.1) is 0 Å². The molecule has 0 fully saturated rings. The largest absolute Gasteiger partial charge is 0.442 e. The van der Waals surface area contributed by atoms with Crippen LogP contribution in [-0.4, -0.2) is 25.4 Å². The van der Waals surface area contributed by atoms with Crippen molar-refractivity contribution in [3.05, 3.63) is 52.8 Å². The van der Waals surface area contributed by atoms with E-state index in [4.69, 9.17) is 10.5 Å². The average molecular weight is 299 g/mol. The highest BCUT2D eigenvalue weighted by molar-refractivity contribution is 5.65. The number of nitrogens with zero attached hydrogens (tertiary/aromatic N) is 3. The van der Waals surface area contributed by atoms with Gasteiger partial charge in [0.2, 0.25) is 5.65 Å². The molecule has 22 heavy (non-hydrogen) atoms. The lowest BCUT2D eigenvalue weighted by atomic mass is 10.1. The number of aromatic amines is 1. The number of carbonyl (C=O) groups excluding carboxylic acids is 1. The zero-order chi connectivity index (χ0) is 15.7. The molecule has 1 unspecified atom stereocenters. The van der Waals surface area contributed by atoms with Crippen molar-refractivity contribution < 1.29 is 9.53 Å². The van der Waals surface area contributed by atoms with Gasteiger partial charge in [0.25, 0.3) is 5.56 Å². The molecule has 8 heteroatoms. The molecule has 8 nitrogen and oxygen atoms in total. The second-order valence-corrected chi connectivity index (χ2v) is 4.71. The number of ether oxygens (including phenoxy) is 1. The van der Waals surface area contributed by atoms with Crippen LogP contribution in [0.25, 0.3) is 17.0 Å². The molecule has 3 aromatic heterocycles. The fraction of sp³-hybridized carbons (Fsp3) is 0.143. The summed E-state index contributed by atoms with van der Waals surface area (Å²) in [6, 6.07) is 3.44. The van der Waals surface area contributed by atoms with Crippen LogP contribution in [0.3, 0.4) is 0 Å². The lowest BCUT2D eigenvalue weighted by molar-refractivity contribution is 0.116. The van der Waals surface area contributed by atoms with Gasteiger partial charge in [-0.1, -0.05) is 0 Å². The van der Waals surface area contributed by atoms with Crippen LogP contribution in [0.4, 0.5) is 4.79 Å². The van der Waals surface area contributed by atoms with E-state index < -0.39 is 12.2 Å². The summed E-state index contributed by atoms with van der Waals surface area (Å²) in [5.74, 6) is 0. The third kappa shape index (κ3) is 2.53. The Bertz CT molecular complexity index is 899. The van der Waals surface area contributed by atoms with Crippen molar-refractivity contribution in [3.63, 3.8) is 0 Å². The average Bonchev–Trinajstić information content (AvgIpc) is 2.95. The zero-order valence-electron chi connectivity index (χ0n) is 11.7. The molecule has 3 rings (SSSR count). The maximum atomic E-state index is 11.9. The Labute approximate surface area is 124 Å². The van der Waals surface area contributed by atoms with Crippen LogP contribution in [0.5, 0.6) is 0 Å². The molecule has 0 bridgehead atoms. The Morgan fingerprint density at radius 2 is 2.23 bits per heavy atom. The summed E-state index contributed by atoms with van der Waals surface area (Å²) in [4.78, 5) is 33.7. The maximum Gasteiger partial charge on any atom is 0.405 e. The molecule has 112 valence electrons. The van der Waals surface area contributed by atoms with Gasteiger partial charge in [0, 0.05) is 24.8 Å². The van der Waals surface area contributed by atoms with Gasteiger partial charge in [0.1, 0.15) is 6.10 Å². The molecule has 0 aromatic carbocycles. The van der Waals surface area contributed by atoms with E-state index in [-0.39, 0.29) is 5.56 Å². The predicted molar refractivity (Wildman–Crippen MR) is 78.1 cm³/mol. The number of hydrogen-bond acceptors (Lipinski definition) is 5. The van der Waals surface area contributed by atoms with Gasteiger partial charge < -0.3 is 19.9 Å². The molecule has 0 saturated heterocycles. The van der Waals surface area contributed by atoms with Crippen LogP contribution in [0.15, 0.2) is 41.7 Å². The first-order valence-corrected chi connectivity index (χ1v) is 6.53. The number of carbonyl (C=O) groups is 1. The van der Waals surface area contributed by atoms with Gasteiger partial charge in [-0.05, 0) is 24.6 Å². The fourth-order valence-corrected chi connectivity index (χ4v) is 2.16. The number of rotatable bonds is 3. The third-order valence-electron chi connectivity index (χ3n) is 3.21. The van der Waals surface area contributed by atoms with Crippen molar-refractivity contribution in [1.29, 1.82) is 0 Å². The minimum Gasteiger partial charge on any atom is -0.442 e. The summed E-state index contributed by atoms with van der Waals surface area (Å²) in [7, 11) is 0. The normalized spacial score (nSPS) is 12.2. The third-order valence-corrected chi connectivity index (χ3v) is 3.21. The fourth-order valence-electron chi connectivity index (χ4n) is 2.16. The molecule has 0 aliphatic heterocycles. The number of pyridine rings is 1. The van der Waals surface area contributed by atoms with Crippen LogP contribution in [0.1, 0.15) is 18.6 Å². The molecule has 0 aliphatic carbocycles. The van der Waals surface area contributed by atoms with Crippen molar-refractivity contribution in [3.8, 4) is 11.4 Å². The number of aromatic nitrogens is 4. The monoisotopic (exact) mass is 299 g/mol. The van der Waals surface area contributed by atoms with E-state index in [2.05, 4.69) is 15.0 Å². The summed E-state index contributed by atoms with van der Waals surface area (Å²) in [5, 5.41) is 0. The van der Waals surface area contributed by atoms with E-state index in [0.29, 0.717) is 17.0 Å². The van der Waals surface area contributed by atoms with E-state index in [0.717, 1.165) is 5.56 Å². The number of primary amides is 1. The molecule has 0 saturated carbocycles. The van der Waals surface area contributed by atoms with Crippen molar-refractivity contribution >= 4 is 11.7 Å². The van der Waals surface area contributed by atoms with Gasteiger partial charge in [0.05, 0.1) is 11.4 Å². The molecular formula is C14H13N5O3. The van der Waals surface area contributed by atoms with Crippen LogP contribution in [0.2, 0.25) is 0 Å². The van der Waals surface area contributed by atoms with Crippen molar-refractivity contribution in [2.24, 2.45) is 5.73 Å². The van der Waals surface area contributed by atoms with Crippen LogP contribution < -0.4 is 11.3 Å². The highest BCUT2D eigenvalue weighted by Crippen LogP contribution is 2.21. The van der Waals surface area contributed by atoms with Gasteiger partial charge in [0.15, 0.2) is 0 Å². The molecule has 0 aliphatic rings. The summed E-state index contributed by atoms with van der Waals surface area (Å²) in [6.45, 7) is 1.70. The quantitative estimate of drug-likeness (QED) is 0.755. The molecule has 3 N–H and O–H groups in total. The number of H-pyrrole nitrogens is 1. The number of nitrogens with one attached hydrogen (secondary N) is 1. The number of amides is 1. The molecule has 3 heterocycles. The smallest absolute Gasteiger partial charge is 0.405 e. The number of hydrogen-bond donors (Lipinski definition) is 2. The first-order valence-electron chi connectivity index (χ1n) is 6.53. The van der Waals surface area contributed by atoms with Crippen LogP contribution in [0, 0.1) is 0 Å². The van der Waals surface area contributed by atoms with Gasteiger partial charge >= 0.3 is 6.09 Å². The standard InChI is InChI=1S/C14H13N5O3/c1-8(22-14(15)21)9-2-3-16-10(6-9)11-7-19-5-4-17-12(19)13(20)18-11/h2-8H,1H3,(H2,15,21)(H,18,20). The lowest BCUT2D eigenvalue weighted by Crippen LogP contribution is -2.16. The minimum atomic E-state index is -0.848. The molecule has 1 atom stereocenters. The Hall–Kier alpha value is -3.16. The first kappa shape index (κ1) is 13.8. The Kier molecular flexibility index (Phi) is 3.34. The van der Waals surface area contributed by atoms with Crippen LogP contribution >= 0.6 is 0 Å². The second kappa shape index (κ2) is 5.32. The highest BCUT2D eigenvalue weighted by Gasteiger charge is 2.12. The number of nitrogens with two attached hydrogens (primary N) is 1. The SMILES string of the molecule is CC(OC(N)=O)c1ccnc(-c2cn3ccnc3c(=O)[nH]2)c1. The minimum absolute atomic E-state index is 0.309. The predicted octanol–water partition coefficient (Wildman–Crippen LogP) is 1.24. The van der Waals surface area contributed by atoms with Crippen LogP contribution in [-0.2, 0) is 4.74 Å². The second-order valence-electron chi connectivity index (χ2n) is 4.71. The molecule has 0 radical (unpaired) electrons. The van der Waals surface area contributed by atoms with Crippen molar-refractivity contribution in [2.45, 2.75) is 13.0 Å². The summed E-state index contributed by atoms with van der Waals surface area (Å²) >= 11 is 0. The Morgan fingerprint density at radius 1 is 1.41 bits per heavy atom. The van der Waals surface area contributed by atoms with Gasteiger partial charge in [-0.2, -0.15) is 0 Å². The van der Waals surface area contributed by atoms with E-state index in [1.165, 1.54) is 0 Å². The van der Waals surface area contributed by atoms with Gasteiger partial charge in [-0.3, -0.25) is 9.78 Å². The zero-order valence-corrected chi connectivity index (χ0v) is 11.7. The van der Waals surface area contributed by atoms with E-state index in [1.54, 1.807) is 48.2 Å². The molecule has 3 aromatic rings. The molecule has 0 spiro atoms. The van der Waals surface area contributed by atoms with Crippen molar-refractivity contribution in [1.82, 2.24) is 19.4 Å². The highest BCUT2D eigenvalue weighted by atomic mass is 16.6. The Morgan fingerprint density at radius 3 is 3.00 bits per heavy atom. The summed E-state index contributed by atoms with van der Waals surface area (Å²) in [5.41, 5.74) is 6.81. The lowest BCUT2D eigenvalue weighted by Gasteiger charge is -2.12. The molecular weight excluding hydrogens is 286 g/mol. The van der Waals surface area contributed by atoms with E-state index >= 15 is 0 Å². The Balaban J connectivity index is 2.03. The topological polar surface area (TPSA) is 115 Å². The van der Waals surface area contributed by atoms with E-state index in [9.17, 15) is 9.59 Å².